The van der Waals surface area contributed by atoms with E-state index in [1.165, 1.54) is 0 Å². The Morgan fingerprint density at radius 1 is 1.30 bits per heavy atom. The van der Waals surface area contributed by atoms with E-state index in [0.29, 0.717) is 16.6 Å². The van der Waals surface area contributed by atoms with Gasteiger partial charge in [0.25, 0.3) is 0 Å². The highest BCUT2D eigenvalue weighted by Crippen LogP contribution is 2.23. The number of nitrogens with one attached hydrogen (secondary N) is 1. The first kappa shape index (κ1) is 14.3. The van der Waals surface area contributed by atoms with E-state index in [1.807, 2.05) is 25.1 Å². The van der Waals surface area contributed by atoms with Gasteiger partial charge in [-0.25, -0.2) is 4.98 Å². The van der Waals surface area contributed by atoms with Crippen LogP contribution in [0.4, 0.5) is 5.82 Å². The summed E-state index contributed by atoms with van der Waals surface area (Å²) in [6.07, 6.45) is 1.94. The fourth-order valence-electron chi connectivity index (χ4n) is 1.56. The van der Waals surface area contributed by atoms with Gasteiger partial charge in [0.15, 0.2) is 0 Å². The van der Waals surface area contributed by atoms with Crippen molar-refractivity contribution in [2.45, 2.75) is 13.3 Å². The fourth-order valence-corrected chi connectivity index (χ4v) is 1.75. The molecule has 5 heteroatoms. The van der Waals surface area contributed by atoms with E-state index in [4.69, 9.17) is 16.3 Å². The maximum Gasteiger partial charge on any atom is 0.228 e. The third kappa shape index (κ3) is 4.24. The van der Waals surface area contributed by atoms with Gasteiger partial charge >= 0.3 is 0 Å². The number of para-hydroxylation sites is 1. The number of ether oxygens (including phenoxy) is 1. The summed E-state index contributed by atoms with van der Waals surface area (Å²) in [5.74, 6) is 0.974. The number of hydrogen-bond acceptors (Lipinski definition) is 3. The summed E-state index contributed by atoms with van der Waals surface area (Å²) in [6, 6.07) is 10.8. The maximum absolute atomic E-state index is 11.7. The van der Waals surface area contributed by atoms with Crippen molar-refractivity contribution in [1.82, 2.24) is 4.98 Å². The summed E-state index contributed by atoms with van der Waals surface area (Å²) in [4.78, 5) is 15.8. The number of anilines is 1. The normalized spacial score (nSPS) is 10.1. The standard InChI is InChI=1S/C15H15ClN2O2/c1-11-6-7-14(17-10-11)18-15(19)8-9-20-13-5-3-2-4-12(13)16/h2-7,10H,8-9H2,1H3,(H,17,18,19). The SMILES string of the molecule is Cc1ccc(NC(=O)CCOc2ccccc2Cl)nc1. The van der Waals surface area contributed by atoms with Gasteiger partial charge < -0.3 is 10.1 Å². The number of rotatable bonds is 5. The van der Waals surface area contributed by atoms with Crippen LogP contribution in [0, 0.1) is 6.92 Å². The van der Waals surface area contributed by atoms with Crippen LogP contribution in [0.2, 0.25) is 5.02 Å². The van der Waals surface area contributed by atoms with Gasteiger partial charge in [-0.15, -0.1) is 0 Å². The number of halogens is 1. The predicted molar refractivity (Wildman–Crippen MR) is 79.2 cm³/mol. The summed E-state index contributed by atoms with van der Waals surface area (Å²) >= 11 is 5.95. The van der Waals surface area contributed by atoms with Gasteiger partial charge in [-0.2, -0.15) is 0 Å². The van der Waals surface area contributed by atoms with Crippen molar-refractivity contribution in [2.75, 3.05) is 11.9 Å². The molecule has 0 unspecified atom stereocenters. The van der Waals surface area contributed by atoms with Crippen molar-refractivity contribution in [3.8, 4) is 5.75 Å². The van der Waals surface area contributed by atoms with E-state index in [-0.39, 0.29) is 18.9 Å². The van der Waals surface area contributed by atoms with Crippen molar-refractivity contribution < 1.29 is 9.53 Å². The Labute approximate surface area is 122 Å². The molecule has 1 amide bonds. The lowest BCUT2D eigenvalue weighted by Gasteiger charge is -2.08. The number of benzene rings is 1. The number of nitrogens with zero attached hydrogens (tertiary/aromatic N) is 1. The first-order valence-electron chi connectivity index (χ1n) is 6.25. The average Bonchev–Trinajstić information content (AvgIpc) is 2.43. The molecule has 1 heterocycles. The summed E-state index contributed by atoms with van der Waals surface area (Å²) in [5.41, 5.74) is 1.05. The summed E-state index contributed by atoms with van der Waals surface area (Å²) < 4.78 is 5.45. The van der Waals surface area contributed by atoms with Crippen LogP contribution in [0.1, 0.15) is 12.0 Å². The zero-order valence-corrected chi connectivity index (χ0v) is 11.9. The van der Waals surface area contributed by atoms with Gasteiger partial charge in [0, 0.05) is 6.20 Å². The van der Waals surface area contributed by atoms with Gasteiger partial charge in [0.2, 0.25) is 5.91 Å². The van der Waals surface area contributed by atoms with Crippen LogP contribution in [0.15, 0.2) is 42.6 Å². The lowest BCUT2D eigenvalue weighted by atomic mass is 10.3. The number of carbonyl (C=O) groups excluding carboxylic acids is 1. The molecular formula is C15H15ClN2O2. The predicted octanol–water partition coefficient (Wildman–Crippen LogP) is 3.45. The lowest BCUT2D eigenvalue weighted by molar-refractivity contribution is -0.116. The summed E-state index contributed by atoms with van der Waals surface area (Å²) in [6.45, 7) is 2.21. The van der Waals surface area contributed by atoms with E-state index in [0.717, 1.165) is 5.56 Å². The molecule has 1 aromatic carbocycles. The molecular weight excluding hydrogens is 276 g/mol. The van der Waals surface area contributed by atoms with Crippen LogP contribution >= 0.6 is 11.6 Å². The molecule has 0 aliphatic rings. The number of carbonyl (C=O) groups is 1. The zero-order chi connectivity index (χ0) is 14.4. The molecule has 0 aliphatic carbocycles. The van der Waals surface area contributed by atoms with E-state index in [9.17, 15) is 4.79 Å². The smallest absolute Gasteiger partial charge is 0.228 e. The Balaban J connectivity index is 1.78. The molecule has 0 saturated carbocycles. The van der Waals surface area contributed by atoms with E-state index >= 15 is 0 Å². The van der Waals surface area contributed by atoms with Gasteiger partial charge in [0.1, 0.15) is 11.6 Å². The summed E-state index contributed by atoms with van der Waals surface area (Å²) in [7, 11) is 0. The second-order valence-electron chi connectivity index (χ2n) is 4.30. The highest BCUT2D eigenvalue weighted by molar-refractivity contribution is 6.32. The third-order valence-electron chi connectivity index (χ3n) is 2.60. The van der Waals surface area contributed by atoms with E-state index < -0.39 is 0 Å². The molecule has 2 aromatic rings. The van der Waals surface area contributed by atoms with Crippen molar-refractivity contribution in [3.63, 3.8) is 0 Å². The molecule has 0 spiro atoms. The minimum atomic E-state index is -0.145. The molecule has 0 radical (unpaired) electrons. The Morgan fingerprint density at radius 3 is 2.80 bits per heavy atom. The molecule has 0 fully saturated rings. The van der Waals surface area contributed by atoms with Crippen LogP contribution in [0.25, 0.3) is 0 Å². The Hall–Kier alpha value is -2.07. The minimum Gasteiger partial charge on any atom is -0.491 e. The first-order valence-corrected chi connectivity index (χ1v) is 6.63. The molecule has 104 valence electrons. The molecule has 20 heavy (non-hydrogen) atoms. The molecule has 4 nitrogen and oxygen atoms in total. The average molecular weight is 291 g/mol. The molecule has 2 rings (SSSR count). The largest absolute Gasteiger partial charge is 0.491 e. The van der Waals surface area contributed by atoms with Crippen LogP contribution in [0.5, 0.6) is 5.75 Å². The Morgan fingerprint density at radius 2 is 2.10 bits per heavy atom. The third-order valence-corrected chi connectivity index (χ3v) is 2.91. The first-order chi connectivity index (χ1) is 9.65. The quantitative estimate of drug-likeness (QED) is 0.917. The maximum atomic E-state index is 11.7. The monoisotopic (exact) mass is 290 g/mol. The van der Waals surface area contributed by atoms with Crippen molar-refractivity contribution >= 4 is 23.3 Å². The second kappa shape index (κ2) is 6.91. The molecule has 1 N–H and O–H groups in total. The number of pyridine rings is 1. The van der Waals surface area contributed by atoms with Crippen molar-refractivity contribution in [3.05, 3.63) is 53.2 Å². The van der Waals surface area contributed by atoms with Gasteiger partial charge in [0.05, 0.1) is 18.1 Å². The van der Waals surface area contributed by atoms with Crippen molar-refractivity contribution in [1.29, 1.82) is 0 Å². The highest BCUT2D eigenvalue weighted by Gasteiger charge is 2.05. The zero-order valence-electron chi connectivity index (χ0n) is 11.1. The highest BCUT2D eigenvalue weighted by atomic mass is 35.5. The number of aryl methyl sites for hydroxylation is 1. The molecule has 1 aromatic heterocycles. The lowest BCUT2D eigenvalue weighted by Crippen LogP contribution is -2.16. The Kier molecular flexibility index (Phi) is 4.96. The fraction of sp³-hybridized carbons (Fsp3) is 0.200. The van der Waals surface area contributed by atoms with E-state index in [2.05, 4.69) is 10.3 Å². The van der Waals surface area contributed by atoms with Crippen molar-refractivity contribution in [2.24, 2.45) is 0 Å². The molecule has 0 saturated heterocycles. The number of amides is 1. The van der Waals surface area contributed by atoms with E-state index in [1.54, 1.807) is 24.4 Å². The van der Waals surface area contributed by atoms with Crippen LogP contribution in [-0.4, -0.2) is 17.5 Å². The second-order valence-corrected chi connectivity index (χ2v) is 4.71. The molecule has 0 bridgehead atoms. The van der Waals surface area contributed by atoms with Crippen LogP contribution in [0.3, 0.4) is 0 Å². The molecule has 0 atom stereocenters. The summed E-state index contributed by atoms with van der Waals surface area (Å²) in [5, 5.41) is 3.24. The number of hydrogen-bond donors (Lipinski definition) is 1. The number of aromatic nitrogens is 1. The minimum absolute atomic E-state index is 0.145. The van der Waals surface area contributed by atoms with Crippen LogP contribution < -0.4 is 10.1 Å². The van der Waals surface area contributed by atoms with Gasteiger partial charge in [-0.1, -0.05) is 29.8 Å². The Bertz CT molecular complexity index is 585. The van der Waals surface area contributed by atoms with Crippen LogP contribution in [-0.2, 0) is 4.79 Å². The topological polar surface area (TPSA) is 51.2 Å². The van der Waals surface area contributed by atoms with Gasteiger partial charge in [-0.05, 0) is 30.7 Å². The molecule has 0 aliphatic heterocycles. The van der Waals surface area contributed by atoms with Gasteiger partial charge in [-0.3, -0.25) is 4.79 Å².